The third-order valence-corrected chi connectivity index (χ3v) is 6.42. The van der Waals surface area contributed by atoms with E-state index < -0.39 is 17.7 Å². The maximum Gasteiger partial charge on any atom is 0.337 e. The molecule has 0 bridgehead atoms. The van der Waals surface area contributed by atoms with E-state index in [4.69, 9.17) is 16.3 Å². The molecule has 1 heterocycles. The Bertz CT molecular complexity index is 1270. The van der Waals surface area contributed by atoms with Gasteiger partial charge in [0.25, 0.3) is 5.91 Å². The van der Waals surface area contributed by atoms with E-state index in [1.165, 1.54) is 0 Å². The number of aryl methyl sites for hydroxylation is 2. The molecule has 6 heteroatoms. The average Bonchev–Trinajstić information content (AvgIpc) is 3.20. The summed E-state index contributed by atoms with van der Waals surface area (Å²) in [5.41, 5.74) is 5.93. The number of carbonyl (C=O) groups is 2. The maximum atomic E-state index is 13.4. The number of carboxylic acid groups (broad SMARTS) is 1. The summed E-state index contributed by atoms with van der Waals surface area (Å²) in [6.45, 7) is 9.96. The maximum absolute atomic E-state index is 13.4. The van der Waals surface area contributed by atoms with Crippen molar-refractivity contribution in [2.24, 2.45) is 0 Å². The van der Waals surface area contributed by atoms with E-state index in [9.17, 15) is 14.7 Å². The molecule has 0 spiro atoms. The van der Waals surface area contributed by atoms with Crippen LogP contribution in [0.2, 0.25) is 5.02 Å². The van der Waals surface area contributed by atoms with Crippen molar-refractivity contribution in [3.8, 4) is 11.1 Å². The minimum absolute atomic E-state index is 0.108. The van der Waals surface area contributed by atoms with Crippen LogP contribution in [-0.2, 0) is 16.0 Å². The Morgan fingerprint density at radius 3 is 2.23 bits per heavy atom. The first-order valence-corrected chi connectivity index (χ1v) is 12.1. The topological polar surface area (TPSA) is 66.8 Å². The van der Waals surface area contributed by atoms with Crippen molar-refractivity contribution in [3.05, 3.63) is 87.4 Å². The lowest BCUT2D eigenvalue weighted by Crippen LogP contribution is -2.29. The molecular formula is C29H30ClNO4. The summed E-state index contributed by atoms with van der Waals surface area (Å²) in [7, 11) is 0. The fraction of sp³-hybridized carbons (Fsp3) is 0.310. The van der Waals surface area contributed by atoms with E-state index in [1.54, 1.807) is 29.2 Å². The predicted molar refractivity (Wildman–Crippen MR) is 139 cm³/mol. The second-order valence-electron chi connectivity index (χ2n) is 10.0. The molecule has 5 nitrogen and oxygen atoms in total. The van der Waals surface area contributed by atoms with Crippen LogP contribution in [0.5, 0.6) is 0 Å². The number of carboxylic acids is 1. The summed E-state index contributed by atoms with van der Waals surface area (Å²) in [4.78, 5) is 27.6. The predicted octanol–water partition coefficient (Wildman–Crippen LogP) is 6.77. The number of hydrogen-bond donors (Lipinski definition) is 1. The normalized spacial score (nSPS) is 14.1. The molecule has 1 atom stereocenters. The molecule has 0 radical (unpaired) electrons. The Kier molecular flexibility index (Phi) is 6.76. The SMILES string of the molecule is Cc1ccc(-c2c3c(cc(C)c2C(OC(C)(C)C)C(=O)O)N(C(=O)c2ccc(Cl)cc2)CC3)cc1. The molecule has 4 rings (SSSR count). The zero-order valence-electron chi connectivity index (χ0n) is 20.7. The Hall–Kier alpha value is -3.15. The smallest absolute Gasteiger partial charge is 0.337 e. The number of hydrogen-bond acceptors (Lipinski definition) is 3. The molecule has 0 fully saturated rings. The summed E-state index contributed by atoms with van der Waals surface area (Å²) in [6.07, 6.45) is -0.523. The zero-order valence-corrected chi connectivity index (χ0v) is 21.4. The summed E-state index contributed by atoms with van der Waals surface area (Å²) >= 11 is 6.01. The van der Waals surface area contributed by atoms with E-state index in [1.807, 2.05) is 65.0 Å². The molecule has 1 aliphatic heterocycles. The van der Waals surface area contributed by atoms with Gasteiger partial charge in [-0.2, -0.15) is 0 Å². The Balaban J connectivity index is 1.92. The number of halogens is 1. The quantitative estimate of drug-likeness (QED) is 0.427. The molecule has 0 aromatic heterocycles. The lowest BCUT2D eigenvalue weighted by Gasteiger charge is -2.29. The molecule has 3 aromatic carbocycles. The summed E-state index contributed by atoms with van der Waals surface area (Å²) in [6, 6.07) is 16.8. The molecule has 1 N–H and O–H groups in total. The molecule has 0 aliphatic carbocycles. The van der Waals surface area contributed by atoms with Gasteiger partial charge in [-0.1, -0.05) is 41.4 Å². The van der Waals surface area contributed by atoms with Gasteiger partial charge in [0, 0.05) is 28.4 Å². The standard InChI is InChI=1S/C29H30ClNO4/c1-17-6-8-19(9-7-17)25-22-14-15-31(27(32)20-10-12-21(30)13-11-20)23(22)16-18(2)24(25)26(28(33)34)35-29(3,4)5/h6-13,16,26H,14-15H2,1-5H3,(H,33,34). The minimum Gasteiger partial charge on any atom is -0.479 e. The highest BCUT2D eigenvalue weighted by atomic mass is 35.5. The van der Waals surface area contributed by atoms with Crippen molar-refractivity contribution in [2.75, 3.05) is 11.4 Å². The first-order valence-electron chi connectivity index (χ1n) is 11.7. The number of anilines is 1. The van der Waals surface area contributed by atoms with Crippen molar-refractivity contribution in [1.82, 2.24) is 0 Å². The lowest BCUT2D eigenvalue weighted by atomic mass is 9.86. The van der Waals surface area contributed by atoms with Gasteiger partial charge in [0.2, 0.25) is 0 Å². The minimum atomic E-state index is -1.14. The second kappa shape index (κ2) is 9.48. The molecule has 35 heavy (non-hydrogen) atoms. The van der Waals surface area contributed by atoms with Gasteiger partial charge in [-0.15, -0.1) is 0 Å². The fourth-order valence-corrected chi connectivity index (χ4v) is 4.76. The first kappa shape index (κ1) is 25.0. The van der Waals surface area contributed by atoms with Crippen LogP contribution in [0.3, 0.4) is 0 Å². The second-order valence-corrected chi connectivity index (χ2v) is 10.4. The van der Waals surface area contributed by atoms with Gasteiger partial charge in [-0.25, -0.2) is 4.79 Å². The zero-order chi connectivity index (χ0) is 25.5. The highest BCUT2D eigenvalue weighted by Crippen LogP contribution is 2.44. The summed E-state index contributed by atoms with van der Waals surface area (Å²) in [5.74, 6) is -1.15. The van der Waals surface area contributed by atoms with Gasteiger partial charge in [0.15, 0.2) is 6.10 Å². The van der Waals surface area contributed by atoms with Gasteiger partial charge >= 0.3 is 5.97 Å². The van der Waals surface area contributed by atoms with Crippen LogP contribution < -0.4 is 4.90 Å². The van der Waals surface area contributed by atoms with Crippen LogP contribution in [0.1, 0.15) is 59.5 Å². The van der Waals surface area contributed by atoms with E-state index >= 15 is 0 Å². The summed E-state index contributed by atoms with van der Waals surface area (Å²) in [5, 5.41) is 10.8. The number of ether oxygens (including phenoxy) is 1. The van der Waals surface area contributed by atoms with E-state index in [-0.39, 0.29) is 5.91 Å². The average molecular weight is 492 g/mol. The number of amides is 1. The Morgan fingerprint density at radius 2 is 1.66 bits per heavy atom. The number of carbonyl (C=O) groups excluding carboxylic acids is 1. The van der Waals surface area contributed by atoms with Crippen LogP contribution in [-0.4, -0.2) is 29.1 Å². The first-order chi connectivity index (χ1) is 16.5. The monoisotopic (exact) mass is 491 g/mol. The molecule has 3 aromatic rings. The van der Waals surface area contributed by atoms with Crippen molar-refractivity contribution in [2.45, 2.75) is 52.7 Å². The van der Waals surface area contributed by atoms with Gasteiger partial charge in [-0.05, 0) is 93.6 Å². The lowest BCUT2D eigenvalue weighted by molar-refractivity contribution is -0.160. The number of benzene rings is 3. The molecule has 1 unspecified atom stereocenters. The van der Waals surface area contributed by atoms with Crippen LogP contribution in [0.4, 0.5) is 5.69 Å². The van der Waals surface area contributed by atoms with Gasteiger partial charge in [-0.3, -0.25) is 4.79 Å². The number of aliphatic carboxylic acids is 1. The van der Waals surface area contributed by atoms with Crippen molar-refractivity contribution >= 4 is 29.2 Å². The van der Waals surface area contributed by atoms with Crippen LogP contribution >= 0.6 is 11.6 Å². The molecule has 1 aliphatic rings. The molecule has 1 amide bonds. The van der Waals surface area contributed by atoms with Crippen LogP contribution in [0.15, 0.2) is 54.6 Å². The van der Waals surface area contributed by atoms with Gasteiger partial charge in [0.1, 0.15) is 0 Å². The molecule has 0 saturated heterocycles. The van der Waals surface area contributed by atoms with E-state index in [0.29, 0.717) is 29.1 Å². The molecule has 182 valence electrons. The number of rotatable bonds is 5. The van der Waals surface area contributed by atoms with Crippen molar-refractivity contribution < 1.29 is 19.4 Å². The fourth-order valence-electron chi connectivity index (χ4n) is 4.63. The Morgan fingerprint density at radius 1 is 1.03 bits per heavy atom. The number of nitrogens with zero attached hydrogens (tertiary/aromatic N) is 1. The third-order valence-electron chi connectivity index (χ3n) is 6.17. The number of fused-ring (bicyclic) bond motifs is 1. The van der Waals surface area contributed by atoms with Crippen molar-refractivity contribution in [1.29, 1.82) is 0 Å². The van der Waals surface area contributed by atoms with E-state index in [0.717, 1.165) is 33.5 Å². The molecule has 0 saturated carbocycles. The largest absolute Gasteiger partial charge is 0.479 e. The van der Waals surface area contributed by atoms with Gasteiger partial charge < -0.3 is 14.7 Å². The summed E-state index contributed by atoms with van der Waals surface area (Å²) < 4.78 is 6.07. The van der Waals surface area contributed by atoms with Crippen molar-refractivity contribution in [3.63, 3.8) is 0 Å². The van der Waals surface area contributed by atoms with Gasteiger partial charge in [0.05, 0.1) is 5.60 Å². The Labute approximate surface area is 211 Å². The third kappa shape index (κ3) is 5.12. The highest BCUT2D eigenvalue weighted by Gasteiger charge is 2.36. The van der Waals surface area contributed by atoms with Crippen LogP contribution in [0.25, 0.3) is 11.1 Å². The van der Waals surface area contributed by atoms with E-state index in [2.05, 4.69) is 0 Å². The molecular weight excluding hydrogens is 462 g/mol. The highest BCUT2D eigenvalue weighted by molar-refractivity contribution is 6.30. The van der Waals surface area contributed by atoms with Crippen LogP contribution in [0, 0.1) is 13.8 Å².